The number of halogens is 1. The van der Waals surface area contributed by atoms with Gasteiger partial charge in [0, 0.05) is 0 Å². The Morgan fingerprint density at radius 3 is 2.75 bits per heavy atom. The van der Waals surface area contributed by atoms with E-state index in [0.717, 1.165) is 15.9 Å². The average Bonchev–Trinajstić information content (AvgIpc) is 2.57. The molecule has 2 aromatic rings. The first-order chi connectivity index (χ1) is 7.65. The van der Waals surface area contributed by atoms with E-state index in [1.54, 1.807) is 10.7 Å². The van der Waals surface area contributed by atoms with Crippen molar-refractivity contribution < 1.29 is 0 Å². The summed E-state index contributed by atoms with van der Waals surface area (Å²) in [6.45, 7) is 3.79. The van der Waals surface area contributed by atoms with E-state index >= 15 is 0 Å². The lowest BCUT2D eigenvalue weighted by Crippen LogP contribution is -2.05. The molecule has 0 fully saturated rings. The summed E-state index contributed by atoms with van der Waals surface area (Å²) in [7, 11) is 0. The fourth-order valence-electron chi connectivity index (χ4n) is 1.40. The molecule has 16 heavy (non-hydrogen) atoms. The molecule has 2 heterocycles. The minimum atomic E-state index is 0.452. The largest absolute Gasteiger partial charge is 0.215 e. The van der Waals surface area contributed by atoms with Crippen LogP contribution in [0.3, 0.4) is 0 Å². The lowest BCUT2D eigenvalue weighted by molar-refractivity contribution is 0.778. The molecule has 2 aromatic heterocycles. The third-order valence-electron chi connectivity index (χ3n) is 2.23. The Hall–Kier alpha value is -1.74. The molecule has 0 aliphatic carbocycles. The Kier molecular flexibility index (Phi) is 2.71. The van der Waals surface area contributed by atoms with Crippen LogP contribution in [0.4, 0.5) is 0 Å². The fourth-order valence-corrected chi connectivity index (χ4v) is 1.65. The highest BCUT2D eigenvalue weighted by atomic mass is 79.9. The maximum absolute atomic E-state index is 8.98. The van der Waals surface area contributed by atoms with Crippen LogP contribution >= 0.6 is 15.9 Å². The van der Waals surface area contributed by atoms with Crippen LogP contribution in [0.15, 0.2) is 16.7 Å². The Labute approximate surface area is 101 Å². The summed E-state index contributed by atoms with van der Waals surface area (Å²) in [5.74, 6) is 0.455. The average molecular weight is 278 g/mol. The molecule has 0 saturated heterocycles. The third-order valence-corrected chi connectivity index (χ3v) is 3.37. The predicted molar refractivity (Wildman–Crippen MR) is 61.0 cm³/mol. The molecule has 5 nitrogen and oxygen atoms in total. The summed E-state index contributed by atoms with van der Waals surface area (Å²) in [4.78, 5) is 0. The van der Waals surface area contributed by atoms with Crippen LogP contribution in [0.25, 0.3) is 5.82 Å². The standard InChI is InChI=1S/C10H8BrN5/c1-6-9(11)7(2)16(15-6)10-8(5-12)3-4-13-14-10/h3-4H,1-2H3. The highest BCUT2D eigenvalue weighted by Gasteiger charge is 2.14. The summed E-state index contributed by atoms with van der Waals surface area (Å²) in [6, 6.07) is 3.69. The molecule has 0 radical (unpaired) electrons. The molecule has 2 rings (SSSR count). The molecule has 0 bridgehead atoms. The summed E-state index contributed by atoms with van der Waals surface area (Å²) in [6.07, 6.45) is 1.49. The molecule has 0 amide bonds. The van der Waals surface area contributed by atoms with Crippen LogP contribution in [0.2, 0.25) is 0 Å². The highest BCUT2D eigenvalue weighted by molar-refractivity contribution is 9.10. The van der Waals surface area contributed by atoms with E-state index in [1.807, 2.05) is 13.8 Å². The zero-order valence-electron chi connectivity index (χ0n) is 8.77. The second-order valence-corrected chi connectivity index (χ2v) is 4.07. The van der Waals surface area contributed by atoms with Gasteiger partial charge in [-0.15, -0.1) is 5.10 Å². The number of aryl methyl sites for hydroxylation is 1. The molecular formula is C10H8BrN5. The maximum atomic E-state index is 8.98. The van der Waals surface area contributed by atoms with Crippen LogP contribution in [0.5, 0.6) is 0 Å². The zero-order valence-corrected chi connectivity index (χ0v) is 10.4. The van der Waals surface area contributed by atoms with Crippen molar-refractivity contribution in [1.82, 2.24) is 20.0 Å². The molecule has 0 spiro atoms. The van der Waals surface area contributed by atoms with Crippen LogP contribution in [-0.2, 0) is 0 Å². The van der Waals surface area contributed by atoms with Gasteiger partial charge in [0.25, 0.3) is 0 Å². The first-order valence-corrected chi connectivity index (χ1v) is 5.38. The van der Waals surface area contributed by atoms with Crippen molar-refractivity contribution in [3.05, 3.63) is 33.7 Å². The van der Waals surface area contributed by atoms with Crippen molar-refractivity contribution in [1.29, 1.82) is 5.26 Å². The molecule has 0 atom stereocenters. The van der Waals surface area contributed by atoms with E-state index in [-0.39, 0.29) is 0 Å². The smallest absolute Gasteiger partial charge is 0.193 e. The van der Waals surface area contributed by atoms with Crippen molar-refractivity contribution in [2.45, 2.75) is 13.8 Å². The molecular weight excluding hydrogens is 270 g/mol. The molecule has 0 saturated carbocycles. The Bertz CT molecular complexity index is 581. The Balaban J connectivity index is 2.69. The summed E-state index contributed by atoms with van der Waals surface area (Å²) >= 11 is 3.43. The SMILES string of the molecule is Cc1nn(-c2nnccc2C#N)c(C)c1Br. The fraction of sp³-hybridized carbons (Fsp3) is 0.200. The van der Waals surface area contributed by atoms with Gasteiger partial charge in [0.15, 0.2) is 5.82 Å². The van der Waals surface area contributed by atoms with E-state index in [0.29, 0.717) is 11.4 Å². The molecule has 0 unspecified atom stereocenters. The summed E-state index contributed by atoms with van der Waals surface area (Å²) in [5, 5.41) is 21.0. The summed E-state index contributed by atoms with van der Waals surface area (Å²) < 4.78 is 2.53. The second-order valence-electron chi connectivity index (χ2n) is 3.28. The van der Waals surface area contributed by atoms with Gasteiger partial charge in [0.05, 0.1) is 22.1 Å². The zero-order chi connectivity index (χ0) is 11.7. The van der Waals surface area contributed by atoms with Crippen LogP contribution in [-0.4, -0.2) is 20.0 Å². The Morgan fingerprint density at radius 1 is 1.44 bits per heavy atom. The molecule has 0 aromatic carbocycles. The van der Waals surface area contributed by atoms with E-state index in [1.165, 1.54) is 6.20 Å². The van der Waals surface area contributed by atoms with Gasteiger partial charge in [-0.3, -0.25) is 0 Å². The lowest BCUT2D eigenvalue weighted by atomic mass is 10.3. The number of hydrogen-bond donors (Lipinski definition) is 0. The minimum absolute atomic E-state index is 0.452. The number of aromatic nitrogens is 4. The minimum Gasteiger partial charge on any atom is -0.215 e. The normalized spacial score (nSPS) is 10.1. The van der Waals surface area contributed by atoms with Crippen LogP contribution in [0.1, 0.15) is 17.0 Å². The molecule has 80 valence electrons. The molecule has 0 N–H and O–H groups in total. The topological polar surface area (TPSA) is 67.4 Å². The highest BCUT2D eigenvalue weighted by Crippen LogP contribution is 2.22. The van der Waals surface area contributed by atoms with Gasteiger partial charge < -0.3 is 0 Å². The third kappa shape index (κ3) is 1.59. The maximum Gasteiger partial charge on any atom is 0.193 e. The summed E-state index contributed by atoms with van der Waals surface area (Å²) in [5.41, 5.74) is 2.20. The van der Waals surface area contributed by atoms with Gasteiger partial charge in [0.2, 0.25) is 0 Å². The predicted octanol–water partition coefficient (Wildman–Crippen LogP) is 1.91. The number of rotatable bonds is 1. The van der Waals surface area contributed by atoms with E-state index in [2.05, 4.69) is 37.3 Å². The van der Waals surface area contributed by atoms with Gasteiger partial charge in [-0.25, -0.2) is 4.68 Å². The van der Waals surface area contributed by atoms with Gasteiger partial charge in [-0.05, 0) is 35.8 Å². The van der Waals surface area contributed by atoms with E-state index in [9.17, 15) is 0 Å². The van der Waals surface area contributed by atoms with Crippen LogP contribution in [0, 0.1) is 25.2 Å². The monoisotopic (exact) mass is 277 g/mol. The molecule has 6 heteroatoms. The first-order valence-electron chi connectivity index (χ1n) is 4.59. The van der Waals surface area contributed by atoms with Crippen molar-refractivity contribution in [2.75, 3.05) is 0 Å². The quantitative estimate of drug-likeness (QED) is 0.799. The molecule has 0 aliphatic rings. The number of hydrogen-bond acceptors (Lipinski definition) is 4. The number of nitriles is 1. The van der Waals surface area contributed by atoms with Gasteiger partial charge >= 0.3 is 0 Å². The van der Waals surface area contributed by atoms with Gasteiger partial charge in [0.1, 0.15) is 11.6 Å². The van der Waals surface area contributed by atoms with Crippen molar-refractivity contribution >= 4 is 15.9 Å². The van der Waals surface area contributed by atoms with Crippen LogP contribution < -0.4 is 0 Å². The Morgan fingerprint density at radius 2 is 2.19 bits per heavy atom. The van der Waals surface area contributed by atoms with Gasteiger partial charge in [-0.1, -0.05) is 0 Å². The van der Waals surface area contributed by atoms with E-state index in [4.69, 9.17) is 5.26 Å². The van der Waals surface area contributed by atoms with Gasteiger partial charge in [-0.2, -0.15) is 15.5 Å². The second kappa shape index (κ2) is 4.02. The van der Waals surface area contributed by atoms with Crippen molar-refractivity contribution in [2.24, 2.45) is 0 Å². The van der Waals surface area contributed by atoms with Crippen molar-refractivity contribution in [3.63, 3.8) is 0 Å². The van der Waals surface area contributed by atoms with Crippen molar-refractivity contribution in [3.8, 4) is 11.9 Å². The number of nitrogens with zero attached hydrogens (tertiary/aromatic N) is 5. The molecule has 0 aliphatic heterocycles. The van der Waals surface area contributed by atoms with E-state index < -0.39 is 0 Å². The first kappa shape index (κ1) is 10.8. The lowest BCUT2D eigenvalue weighted by Gasteiger charge is -2.03.